The van der Waals surface area contributed by atoms with Crippen molar-refractivity contribution in [1.82, 2.24) is 4.90 Å². The van der Waals surface area contributed by atoms with Crippen LogP contribution in [0.25, 0.3) is 0 Å². The van der Waals surface area contributed by atoms with Crippen LogP contribution in [0, 0.1) is 5.41 Å². The molecular formula is C13H25NO2. The first-order valence-electron chi connectivity index (χ1n) is 6.11. The number of rotatable bonds is 2. The highest BCUT2D eigenvalue weighted by molar-refractivity contribution is 5.77. The zero-order chi connectivity index (χ0) is 12.4. The molecule has 16 heavy (non-hydrogen) atoms. The number of carbonyl (C=O) groups excluding carboxylic acids is 1. The highest BCUT2D eigenvalue weighted by atomic mass is 16.5. The first kappa shape index (κ1) is 13.5. The van der Waals surface area contributed by atoms with Gasteiger partial charge in [-0.15, -0.1) is 0 Å². The summed E-state index contributed by atoms with van der Waals surface area (Å²) < 4.78 is 5.51. The Hall–Kier alpha value is -0.570. The summed E-state index contributed by atoms with van der Waals surface area (Å²) in [5, 5.41) is 0. The Morgan fingerprint density at radius 1 is 1.25 bits per heavy atom. The molecule has 94 valence electrons. The molecule has 0 aliphatic carbocycles. The first-order valence-corrected chi connectivity index (χ1v) is 6.11. The minimum atomic E-state index is -0.231. The molecule has 3 nitrogen and oxygen atoms in total. The third kappa shape index (κ3) is 4.52. The predicted molar refractivity (Wildman–Crippen MR) is 65.3 cm³/mol. The SMILES string of the molecule is CC1(C)CCN(C(=O)COC(C)(C)C)CC1. The van der Waals surface area contributed by atoms with Crippen molar-refractivity contribution in [3.63, 3.8) is 0 Å². The second kappa shape index (κ2) is 4.74. The predicted octanol–water partition coefficient (Wildman–Crippen LogP) is 2.45. The van der Waals surface area contributed by atoms with Crippen LogP contribution in [0.5, 0.6) is 0 Å². The number of nitrogens with zero attached hydrogens (tertiary/aromatic N) is 1. The monoisotopic (exact) mass is 227 g/mol. The summed E-state index contributed by atoms with van der Waals surface area (Å²) in [4.78, 5) is 13.8. The lowest BCUT2D eigenvalue weighted by Crippen LogP contribution is -2.43. The van der Waals surface area contributed by atoms with Crippen LogP contribution >= 0.6 is 0 Å². The normalized spacial score (nSPS) is 20.9. The Balaban J connectivity index is 2.34. The molecule has 0 radical (unpaired) electrons. The Morgan fingerprint density at radius 3 is 2.19 bits per heavy atom. The Morgan fingerprint density at radius 2 is 1.75 bits per heavy atom. The van der Waals surface area contributed by atoms with Crippen LogP contribution in [0.1, 0.15) is 47.5 Å². The van der Waals surface area contributed by atoms with Gasteiger partial charge in [-0.2, -0.15) is 0 Å². The van der Waals surface area contributed by atoms with E-state index in [-0.39, 0.29) is 18.1 Å². The summed E-state index contributed by atoms with van der Waals surface area (Å²) in [6, 6.07) is 0. The van der Waals surface area contributed by atoms with Crippen molar-refractivity contribution in [2.45, 2.75) is 53.1 Å². The highest BCUT2D eigenvalue weighted by Crippen LogP contribution is 2.29. The van der Waals surface area contributed by atoms with Gasteiger partial charge in [0, 0.05) is 13.1 Å². The average Bonchev–Trinajstić information content (AvgIpc) is 2.13. The summed E-state index contributed by atoms with van der Waals surface area (Å²) in [7, 11) is 0. The maximum Gasteiger partial charge on any atom is 0.248 e. The van der Waals surface area contributed by atoms with Crippen LogP contribution < -0.4 is 0 Å². The molecule has 0 unspecified atom stereocenters. The number of likely N-dealkylation sites (tertiary alicyclic amines) is 1. The molecule has 0 bridgehead atoms. The van der Waals surface area contributed by atoms with Gasteiger partial charge in [0.15, 0.2) is 0 Å². The number of carbonyl (C=O) groups is 1. The summed E-state index contributed by atoms with van der Waals surface area (Å²) in [6.07, 6.45) is 2.18. The van der Waals surface area contributed by atoms with E-state index >= 15 is 0 Å². The second-order valence-electron chi connectivity index (χ2n) is 6.45. The molecular weight excluding hydrogens is 202 g/mol. The van der Waals surface area contributed by atoms with Crippen LogP contribution in [0.3, 0.4) is 0 Å². The lowest BCUT2D eigenvalue weighted by molar-refractivity contribution is -0.143. The van der Waals surface area contributed by atoms with E-state index in [4.69, 9.17) is 4.74 Å². The fraction of sp³-hybridized carbons (Fsp3) is 0.923. The lowest BCUT2D eigenvalue weighted by atomic mass is 9.83. The van der Waals surface area contributed by atoms with Gasteiger partial charge < -0.3 is 9.64 Å². The maximum absolute atomic E-state index is 11.9. The number of amides is 1. The average molecular weight is 227 g/mol. The smallest absolute Gasteiger partial charge is 0.248 e. The van der Waals surface area contributed by atoms with Crippen molar-refractivity contribution >= 4 is 5.91 Å². The zero-order valence-electron chi connectivity index (χ0n) is 11.3. The Bertz CT molecular complexity index is 243. The molecule has 0 N–H and O–H groups in total. The van der Waals surface area contributed by atoms with Gasteiger partial charge in [0.05, 0.1) is 5.60 Å². The van der Waals surface area contributed by atoms with E-state index in [2.05, 4.69) is 13.8 Å². The largest absolute Gasteiger partial charge is 0.366 e. The molecule has 0 aromatic heterocycles. The molecule has 1 aliphatic rings. The summed E-state index contributed by atoms with van der Waals surface area (Å²) in [5.41, 5.74) is 0.159. The van der Waals surface area contributed by atoms with Crippen LogP contribution in [0.15, 0.2) is 0 Å². The van der Waals surface area contributed by atoms with Gasteiger partial charge in [0.25, 0.3) is 0 Å². The fourth-order valence-corrected chi connectivity index (χ4v) is 1.73. The van der Waals surface area contributed by atoms with Crippen molar-refractivity contribution in [1.29, 1.82) is 0 Å². The van der Waals surface area contributed by atoms with Crippen molar-refractivity contribution in [3.8, 4) is 0 Å². The van der Waals surface area contributed by atoms with Crippen LogP contribution in [-0.2, 0) is 9.53 Å². The van der Waals surface area contributed by atoms with Crippen molar-refractivity contribution in [2.24, 2.45) is 5.41 Å². The molecule has 1 saturated heterocycles. The molecule has 0 aromatic carbocycles. The van der Waals surface area contributed by atoms with E-state index in [1.165, 1.54) is 0 Å². The van der Waals surface area contributed by atoms with E-state index in [1.54, 1.807) is 0 Å². The minimum absolute atomic E-state index is 0.130. The van der Waals surface area contributed by atoms with E-state index in [1.807, 2.05) is 25.7 Å². The molecule has 1 amide bonds. The van der Waals surface area contributed by atoms with Gasteiger partial charge in [-0.3, -0.25) is 4.79 Å². The third-order valence-electron chi connectivity index (χ3n) is 3.10. The topological polar surface area (TPSA) is 29.5 Å². The second-order valence-corrected chi connectivity index (χ2v) is 6.45. The standard InChI is InChI=1S/C13H25NO2/c1-12(2,3)16-10-11(15)14-8-6-13(4,5)7-9-14/h6-10H2,1-5H3. The molecule has 0 saturated carbocycles. The van der Waals surface area contributed by atoms with E-state index < -0.39 is 0 Å². The Labute approximate surface area is 99.1 Å². The lowest BCUT2D eigenvalue weighted by Gasteiger charge is -2.37. The number of ether oxygens (including phenoxy) is 1. The molecule has 1 heterocycles. The summed E-state index contributed by atoms with van der Waals surface area (Å²) in [6.45, 7) is 12.4. The molecule has 3 heteroatoms. The highest BCUT2D eigenvalue weighted by Gasteiger charge is 2.28. The number of hydrogen-bond donors (Lipinski definition) is 0. The van der Waals surface area contributed by atoms with Crippen molar-refractivity contribution in [3.05, 3.63) is 0 Å². The fourth-order valence-electron chi connectivity index (χ4n) is 1.73. The van der Waals surface area contributed by atoms with Gasteiger partial charge in [-0.1, -0.05) is 13.8 Å². The van der Waals surface area contributed by atoms with Gasteiger partial charge in [-0.25, -0.2) is 0 Å². The quantitative estimate of drug-likeness (QED) is 0.725. The summed E-state index contributed by atoms with van der Waals surface area (Å²) in [5.74, 6) is 0.130. The van der Waals surface area contributed by atoms with E-state index in [0.29, 0.717) is 5.41 Å². The van der Waals surface area contributed by atoms with Gasteiger partial charge in [0.2, 0.25) is 5.91 Å². The molecule has 1 aliphatic heterocycles. The first-order chi connectivity index (χ1) is 7.20. The van der Waals surface area contributed by atoms with Crippen LogP contribution in [-0.4, -0.2) is 36.1 Å². The van der Waals surface area contributed by atoms with E-state index in [9.17, 15) is 4.79 Å². The van der Waals surface area contributed by atoms with Crippen molar-refractivity contribution < 1.29 is 9.53 Å². The number of piperidine rings is 1. The zero-order valence-corrected chi connectivity index (χ0v) is 11.3. The Kier molecular flexibility index (Phi) is 4.00. The maximum atomic E-state index is 11.9. The van der Waals surface area contributed by atoms with Crippen LogP contribution in [0.4, 0.5) is 0 Å². The van der Waals surface area contributed by atoms with Gasteiger partial charge in [0.1, 0.15) is 6.61 Å². The van der Waals surface area contributed by atoms with Gasteiger partial charge >= 0.3 is 0 Å². The number of hydrogen-bond acceptors (Lipinski definition) is 2. The molecule has 0 aromatic rings. The third-order valence-corrected chi connectivity index (χ3v) is 3.10. The molecule has 1 rings (SSSR count). The minimum Gasteiger partial charge on any atom is -0.366 e. The molecule has 1 fully saturated rings. The van der Waals surface area contributed by atoms with Crippen molar-refractivity contribution in [2.75, 3.05) is 19.7 Å². The van der Waals surface area contributed by atoms with Crippen LogP contribution in [0.2, 0.25) is 0 Å². The summed E-state index contributed by atoms with van der Waals surface area (Å²) >= 11 is 0. The molecule has 0 spiro atoms. The van der Waals surface area contributed by atoms with Gasteiger partial charge in [-0.05, 0) is 39.0 Å². The molecule has 0 atom stereocenters. The van der Waals surface area contributed by atoms with E-state index in [0.717, 1.165) is 25.9 Å².